The topological polar surface area (TPSA) is 21.3 Å². The summed E-state index contributed by atoms with van der Waals surface area (Å²) >= 11 is 5.92. The molecule has 0 saturated carbocycles. The molecule has 0 heterocycles. The zero-order chi connectivity index (χ0) is 13.7. The molecule has 0 aliphatic rings. The van der Waals surface area contributed by atoms with Crippen LogP contribution in [-0.2, 0) is 0 Å². The van der Waals surface area contributed by atoms with Crippen LogP contribution < -0.4 is 10.1 Å². The summed E-state index contributed by atoms with van der Waals surface area (Å²) in [7, 11) is 1.95. The highest BCUT2D eigenvalue weighted by atomic mass is 35.5. The predicted molar refractivity (Wildman–Crippen MR) is 80.0 cm³/mol. The summed E-state index contributed by atoms with van der Waals surface area (Å²) in [6.45, 7) is 2.67. The monoisotopic (exact) mass is 275 g/mol. The highest BCUT2D eigenvalue weighted by Crippen LogP contribution is 2.25. The third-order valence-corrected chi connectivity index (χ3v) is 3.27. The van der Waals surface area contributed by atoms with Crippen molar-refractivity contribution in [3.05, 3.63) is 64.7 Å². The van der Waals surface area contributed by atoms with Crippen LogP contribution in [0.25, 0.3) is 0 Å². The molecule has 2 rings (SSSR count). The van der Waals surface area contributed by atoms with Crippen LogP contribution in [0.4, 0.5) is 0 Å². The number of halogens is 1. The van der Waals surface area contributed by atoms with Gasteiger partial charge in [0.1, 0.15) is 5.75 Å². The smallest absolute Gasteiger partial charge is 0.119 e. The van der Waals surface area contributed by atoms with E-state index < -0.39 is 0 Å². The SMILES string of the molecule is CCOc1ccc(C(NC)c2ccc(Cl)cc2)cc1. The molecule has 1 atom stereocenters. The van der Waals surface area contributed by atoms with Crippen LogP contribution in [0.2, 0.25) is 5.02 Å². The highest BCUT2D eigenvalue weighted by Gasteiger charge is 2.11. The minimum absolute atomic E-state index is 0.160. The zero-order valence-corrected chi connectivity index (χ0v) is 11.9. The van der Waals surface area contributed by atoms with E-state index in [1.165, 1.54) is 11.1 Å². The van der Waals surface area contributed by atoms with E-state index >= 15 is 0 Å². The summed E-state index contributed by atoms with van der Waals surface area (Å²) in [4.78, 5) is 0. The highest BCUT2D eigenvalue weighted by molar-refractivity contribution is 6.30. The van der Waals surface area contributed by atoms with Crippen molar-refractivity contribution in [2.75, 3.05) is 13.7 Å². The van der Waals surface area contributed by atoms with Crippen molar-refractivity contribution < 1.29 is 4.74 Å². The molecule has 19 heavy (non-hydrogen) atoms. The maximum absolute atomic E-state index is 5.92. The fraction of sp³-hybridized carbons (Fsp3) is 0.250. The first-order valence-corrected chi connectivity index (χ1v) is 6.78. The van der Waals surface area contributed by atoms with Crippen molar-refractivity contribution in [3.8, 4) is 5.75 Å². The van der Waals surface area contributed by atoms with Crippen LogP contribution in [0.3, 0.4) is 0 Å². The van der Waals surface area contributed by atoms with Crippen molar-refractivity contribution in [2.24, 2.45) is 0 Å². The first-order valence-electron chi connectivity index (χ1n) is 6.40. The number of nitrogens with one attached hydrogen (secondary N) is 1. The van der Waals surface area contributed by atoms with E-state index in [4.69, 9.17) is 16.3 Å². The fourth-order valence-electron chi connectivity index (χ4n) is 2.10. The average Bonchev–Trinajstić information content (AvgIpc) is 2.44. The van der Waals surface area contributed by atoms with Gasteiger partial charge in [-0.25, -0.2) is 0 Å². The second-order valence-electron chi connectivity index (χ2n) is 4.28. The second kappa shape index (κ2) is 6.60. The lowest BCUT2D eigenvalue weighted by Crippen LogP contribution is -2.17. The van der Waals surface area contributed by atoms with Crippen molar-refractivity contribution >= 4 is 11.6 Å². The molecule has 2 nitrogen and oxygen atoms in total. The van der Waals surface area contributed by atoms with Crippen LogP contribution in [0, 0.1) is 0 Å². The lowest BCUT2D eigenvalue weighted by Gasteiger charge is -2.17. The molecule has 0 saturated heterocycles. The first-order chi connectivity index (χ1) is 9.24. The molecule has 0 bridgehead atoms. The summed E-state index contributed by atoms with van der Waals surface area (Å²) in [5.74, 6) is 0.900. The molecule has 100 valence electrons. The maximum Gasteiger partial charge on any atom is 0.119 e. The van der Waals surface area contributed by atoms with Gasteiger partial charge in [0.2, 0.25) is 0 Å². The second-order valence-corrected chi connectivity index (χ2v) is 4.71. The zero-order valence-electron chi connectivity index (χ0n) is 11.2. The molecule has 3 heteroatoms. The summed E-state index contributed by atoms with van der Waals surface area (Å²) in [5.41, 5.74) is 2.39. The van der Waals surface area contributed by atoms with E-state index in [0.29, 0.717) is 6.61 Å². The molecule has 0 amide bonds. The number of hydrogen-bond acceptors (Lipinski definition) is 2. The standard InChI is InChI=1S/C16H18ClNO/c1-3-19-15-10-6-13(7-11-15)16(18-2)12-4-8-14(17)9-5-12/h4-11,16,18H,3H2,1-2H3. The van der Waals surface area contributed by atoms with E-state index in [1.54, 1.807) is 0 Å². The molecule has 0 radical (unpaired) electrons. The van der Waals surface area contributed by atoms with Gasteiger partial charge in [0, 0.05) is 5.02 Å². The van der Waals surface area contributed by atoms with Crippen molar-refractivity contribution in [2.45, 2.75) is 13.0 Å². The van der Waals surface area contributed by atoms with Gasteiger partial charge in [-0.05, 0) is 49.4 Å². The Balaban J connectivity index is 2.23. The Hall–Kier alpha value is -1.51. The van der Waals surface area contributed by atoms with Crippen molar-refractivity contribution in [1.82, 2.24) is 5.32 Å². The van der Waals surface area contributed by atoms with Gasteiger partial charge < -0.3 is 10.1 Å². The number of rotatable bonds is 5. The van der Waals surface area contributed by atoms with Gasteiger partial charge in [0.15, 0.2) is 0 Å². The van der Waals surface area contributed by atoms with Gasteiger partial charge in [-0.3, -0.25) is 0 Å². The van der Waals surface area contributed by atoms with Crippen LogP contribution in [0.5, 0.6) is 5.75 Å². The Bertz CT molecular complexity index is 507. The third-order valence-electron chi connectivity index (χ3n) is 3.02. The maximum atomic E-state index is 5.92. The van der Waals surface area contributed by atoms with E-state index in [0.717, 1.165) is 10.8 Å². The summed E-state index contributed by atoms with van der Waals surface area (Å²) in [6.07, 6.45) is 0. The van der Waals surface area contributed by atoms with Gasteiger partial charge >= 0.3 is 0 Å². The lowest BCUT2D eigenvalue weighted by atomic mass is 9.99. The molecule has 0 aliphatic carbocycles. The molecular weight excluding hydrogens is 258 g/mol. The Kier molecular flexibility index (Phi) is 4.83. The molecule has 0 aromatic heterocycles. The van der Waals surface area contributed by atoms with Crippen LogP contribution in [-0.4, -0.2) is 13.7 Å². The van der Waals surface area contributed by atoms with E-state index in [-0.39, 0.29) is 6.04 Å². The number of ether oxygens (including phenoxy) is 1. The molecule has 2 aromatic carbocycles. The predicted octanol–water partition coefficient (Wildman–Crippen LogP) is 4.05. The van der Waals surface area contributed by atoms with Gasteiger partial charge in [0.05, 0.1) is 12.6 Å². The van der Waals surface area contributed by atoms with Crippen molar-refractivity contribution in [3.63, 3.8) is 0 Å². The first kappa shape index (κ1) is 13.9. The Morgan fingerprint density at radius 3 is 2.00 bits per heavy atom. The molecule has 0 spiro atoms. The van der Waals surface area contributed by atoms with E-state index in [2.05, 4.69) is 17.4 Å². The minimum atomic E-state index is 0.160. The fourth-order valence-corrected chi connectivity index (χ4v) is 2.23. The third kappa shape index (κ3) is 3.49. The van der Waals surface area contributed by atoms with Gasteiger partial charge in [-0.15, -0.1) is 0 Å². The van der Waals surface area contributed by atoms with E-state index in [1.807, 2.05) is 50.4 Å². The largest absolute Gasteiger partial charge is 0.494 e. The normalized spacial score (nSPS) is 12.2. The number of hydrogen-bond donors (Lipinski definition) is 1. The average molecular weight is 276 g/mol. The quantitative estimate of drug-likeness (QED) is 0.889. The molecule has 1 N–H and O–H groups in total. The van der Waals surface area contributed by atoms with Crippen molar-refractivity contribution in [1.29, 1.82) is 0 Å². The van der Waals surface area contributed by atoms with Gasteiger partial charge in [-0.2, -0.15) is 0 Å². The Morgan fingerprint density at radius 1 is 1.00 bits per heavy atom. The molecule has 2 aromatic rings. The van der Waals surface area contributed by atoms with Gasteiger partial charge in [0.25, 0.3) is 0 Å². The lowest BCUT2D eigenvalue weighted by molar-refractivity contribution is 0.340. The molecule has 0 fully saturated rings. The summed E-state index contributed by atoms with van der Waals surface area (Å²) < 4.78 is 5.46. The summed E-state index contributed by atoms with van der Waals surface area (Å²) in [6, 6.07) is 16.2. The Morgan fingerprint density at radius 2 is 1.53 bits per heavy atom. The summed E-state index contributed by atoms with van der Waals surface area (Å²) in [5, 5.41) is 4.08. The van der Waals surface area contributed by atoms with Crippen LogP contribution in [0.15, 0.2) is 48.5 Å². The minimum Gasteiger partial charge on any atom is -0.494 e. The van der Waals surface area contributed by atoms with E-state index in [9.17, 15) is 0 Å². The molecule has 0 aliphatic heterocycles. The number of benzene rings is 2. The molecule has 1 unspecified atom stereocenters. The molecular formula is C16H18ClNO. The van der Waals surface area contributed by atoms with Crippen LogP contribution >= 0.6 is 11.6 Å². The van der Waals surface area contributed by atoms with Crippen LogP contribution in [0.1, 0.15) is 24.1 Å². The van der Waals surface area contributed by atoms with Gasteiger partial charge in [-0.1, -0.05) is 35.9 Å². The Labute approximate surface area is 119 Å².